The van der Waals surface area contributed by atoms with Gasteiger partial charge >= 0.3 is 16.5 Å². The average Bonchev–Trinajstić information content (AvgIpc) is 3.00. The predicted molar refractivity (Wildman–Crippen MR) is 81.0 cm³/mol. The summed E-state index contributed by atoms with van der Waals surface area (Å²) in [5, 5.41) is 2.62. The molecule has 0 aliphatic rings. The van der Waals surface area contributed by atoms with E-state index < -0.39 is 10.5 Å². The number of nitrogens with one attached hydrogen (secondary N) is 1. The van der Waals surface area contributed by atoms with Gasteiger partial charge in [-0.15, -0.1) is 0 Å². The molecule has 0 spiro atoms. The zero-order valence-electron chi connectivity index (χ0n) is 12.4. The molecule has 0 saturated heterocycles. The molecule has 1 aromatic heterocycles. The van der Waals surface area contributed by atoms with Crippen molar-refractivity contribution in [3.63, 3.8) is 0 Å². The lowest BCUT2D eigenvalue weighted by atomic mass is 10.2. The number of urea groups is 1. The van der Waals surface area contributed by atoms with E-state index in [-0.39, 0.29) is 17.8 Å². The second-order valence-corrected chi connectivity index (χ2v) is 5.69. The summed E-state index contributed by atoms with van der Waals surface area (Å²) in [6.07, 6.45) is 1.52. The van der Waals surface area contributed by atoms with Crippen molar-refractivity contribution in [1.29, 1.82) is 0 Å². The summed E-state index contributed by atoms with van der Waals surface area (Å²) in [5.74, 6) is 0.447. The van der Waals surface area contributed by atoms with Gasteiger partial charge in [-0.3, -0.25) is 0 Å². The monoisotopic (exact) mass is 342 g/mol. The fourth-order valence-corrected chi connectivity index (χ4v) is 2.16. The number of furan rings is 1. The molecular weight excluding hydrogens is 327 g/mol. The van der Waals surface area contributed by atoms with Crippen LogP contribution in [-0.4, -0.2) is 26.4 Å². The number of benzene rings is 1. The van der Waals surface area contributed by atoms with Gasteiger partial charge in [-0.05, 0) is 43.3 Å². The van der Waals surface area contributed by atoms with Crippen molar-refractivity contribution >= 4 is 22.2 Å². The molecule has 9 heteroatoms. The summed E-state index contributed by atoms with van der Waals surface area (Å²) >= 11 is 0. The van der Waals surface area contributed by atoms with Crippen LogP contribution in [0, 0.1) is 0 Å². The lowest BCUT2D eigenvalue weighted by Crippen LogP contribution is -2.33. The summed E-state index contributed by atoms with van der Waals surface area (Å²) in [6, 6.07) is 8.07. The van der Waals surface area contributed by atoms with Crippen LogP contribution in [0.2, 0.25) is 0 Å². The van der Waals surface area contributed by atoms with E-state index in [4.69, 9.17) is 4.42 Å². The highest BCUT2D eigenvalue weighted by atomic mass is 32.3. The van der Waals surface area contributed by atoms with Gasteiger partial charge in [-0.1, -0.05) is 3.89 Å². The Labute approximate surface area is 133 Å². The molecule has 0 saturated carbocycles. The number of nitrogens with zero attached hydrogens (tertiary/aromatic N) is 1. The van der Waals surface area contributed by atoms with E-state index in [1.54, 1.807) is 19.2 Å². The zero-order valence-corrected chi connectivity index (χ0v) is 13.2. The van der Waals surface area contributed by atoms with Gasteiger partial charge in [0.15, 0.2) is 0 Å². The number of carbonyl (C=O) groups excluding carboxylic acids is 1. The Bertz CT molecular complexity index is 759. The van der Waals surface area contributed by atoms with Crippen molar-refractivity contribution in [2.24, 2.45) is 0 Å². The number of halogens is 1. The van der Waals surface area contributed by atoms with Crippen LogP contribution < -0.4 is 9.50 Å². The molecule has 1 N–H and O–H groups in total. The van der Waals surface area contributed by atoms with Crippen LogP contribution in [0.15, 0.2) is 47.1 Å². The molecule has 2 rings (SSSR count). The Balaban J connectivity index is 2.00. The fraction of sp³-hybridized carbons (Fsp3) is 0.214. The van der Waals surface area contributed by atoms with Gasteiger partial charge < -0.3 is 18.8 Å². The second-order valence-electron chi connectivity index (χ2n) is 4.73. The Kier molecular flexibility index (Phi) is 4.89. The standard InChI is InChI=1S/C14H15FN2O5S/c1-10(13-4-3-9-21-13)17(2)14(18)16-11-5-7-12(8-6-11)22-23(15,19)20/h3-10H,1-2H3,(H,16,18). The van der Waals surface area contributed by atoms with Crippen molar-refractivity contribution in [1.82, 2.24) is 4.90 Å². The van der Waals surface area contributed by atoms with Crippen LogP contribution >= 0.6 is 0 Å². The summed E-state index contributed by atoms with van der Waals surface area (Å²) in [6.45, 7) is 1.81. The van der Waals surface area contributed by atoms with Crippen molar-refractivity contribution in [2.75, 3.05) is 12.4 Å². The molecule has 23 heavy (non-hydrogen) atoms. The van der Waals surface area contributed by atoms with Gasteiger partial charge in [0.05, 0.1) is 12.3 Å². The maximum Gasteiger partial charge on any atom is 0.488 e. The SMILES string of the molecule is CC(c1ccco1)N(C)C(=O)Nc1ccc(OS(=O)(=O)F)cc1. The fourth-order valence-electron chi connectivity index (χ4n) is 1.82. The van der Waals surface area contributed by atoms with Crippen LogP contribution in [0.4, 0.5) is 14.4 Å². The van der Waals surface area contributed by atoms with E-state index in [1.807, 2.05) is 6.92 Å². The molecule has 0 radical (unpaired) electrons. The van der Waals surface area contributed by atoms with Gasteiger partial charge in [0.2, 0.25) is 0 Å². The zero-order chi connectivity index (χ0) is 17.0. The van der Waals surface area contributed by atoms with E-state index in [0.29, 0.717) is 11.4 Å². The Morgan fingerprint density at radius 1 is 1.30 bits per heavy atom. The van der Waals surface area contributed by atoms with E-state index in [9.17, 15) is 17.1 Å². The number of hydrogen-bond acceptors (Lipinski definition) is 5. The molecule has 124 valence electrons. The minimum absolute atomic E-state index is 0.192. The highest BCUT2D eigenvalue weighted by molar-refractivity contribution is 7.81. The number of carbonyl (C=O) groups is 1. The van der Waals surface area contributed by atoms with E-state index in [0.717, 1.165) is 0 Å². The number of hydrogen-bond donors (Lipinski definition) is 1. The minimum atomic E-state index is -5.07. The van der Waals surface area contributed by atoms with E-state index >= 15 is 0 Å². The molecule has 1 heterocycles. The summed E-state index contributed by atoms with van der Waals surface area (Å²) < 4.78 is 42.4. The molecule has 7 nitrogen and oxygen atoms in total. The number of amides is 2. The molecular formula is C14H15FN2O5S. The Hall–Kier alpha value is -2.55. The van der Waals surface area contributed by atoms with Crippen molar-refractivity contribution in [2.45, 2.75) is 13.0 Å². The van der Waals surface area contributed by atoms with Crippen molar-refractivity contribution in [3.8, 4) is 5.75 Å². The number of anilines is 1. The highest BCUT2D eigenvalue weighted by Crippen LogP contribution is 2.21. The molecule has 0 fully saturated rings. The quantitative estimate of drug-likeness (QED) is 0.844. The molecule has 0 aliphatic carbocycles. The molecule has 2 aromatic rings. The van der Waals surface area contributed by atoms with E-state index in [2.05, 4.69) is 9.50 Å². The lowest BCUT2D eigenvalue weighted by Gasteiger charge is -2.23. The van der Waals surface area contributed by atoms with Crippen LogP contribution in [0.25, 0.3) is 0 Å². The van der Waals surface area contributed by atoms with Crippen molar-refractivity contribution < 1.29 is 25.7 Å². The van der Waals surface area contributed by atoms with Gasteiger partial charge in [0.25, 0.3) is 0 Å². The van der Waals surface area contributed by atoms with Crippen LogP contribution in [-0.2, 0) is 10.5 Å². The van der Waals surface area contributed by atoms with Gasteiger partial charge in [0, 0.05) is 12.7 Å². The van der Waals surface area contributed by atoms with Crippen LogP contribution in [0.1, 0.15) is 18.7 Å². The lowest BCUT2D eigenvalue weighted by molar-refractivity contribution is 0.201. The molecule has 0 bridgehead atoms. The van der Waals surface area contributed by atoms with Gasteiger partial charge in [0.1, 0.15) is 11.5 Å². The third-order valence-corrected chi connectivity index (χ3v) is 3.55. The van der Waals surface area contributed by atoms with Gasteiger partial charge in [-0.2, -0.15) is 8.42 Å². The highest BCUT2D eigenvalue weighted by Gasteiger charge is 2.19. The maximum absolute atomic E-state index is 12.4. The minimum Gasteiger partial charge on any atom is -0.467 e. The third kappa shape index (κ3) is 4.71. The predicted octanol–water partition coefficient (Wildman–Crippen LogP) is 3.10. The van der Waals surface area contributed by atoms with Gasteiger partial charge in [-0.25, -0.2) is 4.79 Å². The molecule has 1 atom stereocenters. The largest absolute Gasteiger partial charge is 0.488 e. The van der Waals surface area contributed by atoms with Crippen LogP contribution in [0.5, 0.6) is 5.75 Å². The second kappa shape index (κ2) is 6.69. The molecule has 0 aliphatic heterocycles. The maximum atomic E-state index is 12.4. The van der Waals surface area contributed by atoms with Crippen LogP contribution in [0.3, 0.4) is 0 Å². The smallest absolute Gasteiger partial charge is 0.467 e. The molecule has 2 amide bonds. The topological polar surface area (TPSA) is 88.8 Å². The summed E-state index contributed by atoms with van der Waals surface area (Å²) in [5.41, 5.74) is 0.400. The first-order chi connectivity index (χ1) is 10.8. The van der Waals surface area contributed by atoms with Crippen molar-refractivity contribution in [3.05, 3.63) is 48.4 Å². The summed E-state index contributed by atoms with van der Waals surface area (Å²) in [7, 11) is -3.46. The average molecular weight is 342 g/mol. The first-order valence-corrected chi connectivity index (χ1v) is 7.88. The first-order valence-electron chi connectivity index (χ1n) is 6.57. The Morgan fingerprint density at radius 2 is 1.96 bits per heavy atom. The third-order valence-electron chi connectivity index (χ3n) is 3.16. The number of rotatable bonds is 5. The molecule has 1 aromatic carbocycles. The first kappa shape index (κ1) is 16.8. The Morgan fingerprint density at radius 3 is 2.48 bits per heavy atom. The summed E-state index contributed by atoms with van der Waals surface area (Å²) in [4.78, 5) is 13.6. The van der Waals surface area contributed by atoms with E-state index in [1.165, 1.54) is 35.4 Å². The molecule has 1 unspecified atom stereocenters. The normalized spacial score (nSPS) is 12.5.